The summed E-state index contributed by atoms with van der Waals surface area (Å²) in [5, 5.41) is 3.83. The van der Waals surface area contributed by atoms with E-state index in [1.807, 2.05) is 0 Å². The first-order valence-electron chi connectivity index (χ1n) is 4.75. The predicted octanol–water partition coefficient (Wildman–Crippen LogP) is 1.92. The Morgan fingerprint density at radius 3 is 2.56 bits per heavy atom. The van der Waals surface area contributed by atoms with Crippen molar-refractivity contribution in [2.24, 2.45) is 5.73 Å². The van der Waals surface area contributed by atoms with Crippen molar-refractivity contribution in [3.05, 3.63) is 42.0 Å². The summed E-state index contributed by atoms with van der Waals surface area (Å²) in [5.41, 5.74) is 5.08. The normalized spacial score (nSPS) is 11.5. The smallest absolute Gasteiger partial charge is 0.389 e. The SMILES string of the molecule is NC(=S)c1cc(C(F)(F)F)ccc1-n1cncn1. The summed E-state index contributed by atoms with van der Waals surface area (Å²) in [5.74, 6) is 0. The van der Waals surface area contributed by atoms with Gasteiger partial charge in [0.15, 0.2) is 0 Å². The van der Waals surface area contributed by atoms with Crippen molar-refractivity contribution in [3.8, 4) is 5.69 Å². The van der Waals surface area contributed by atoms with Crippen molar-refractivity contribution in [2.45, 2.75) is 6.18 Å². The van der Waals surface area contributed by atoms with Gasteiger partial charge in [-0.2, -0.15) is 18.3 Å². The van der Waals surface area contributed by atoms with Crippen molar-refractivity contribution >= 4 is 17.2 Å². The van der Waals surface area contributed by atoms with Crippen LogP contribution in [0, 0.1) is 0 Å². The maximum Gasteiger partial charge on any atom is 0.416 e. The van der Waals surface area contributed by atoms with Gasteiger partial charge in [-0.15, -0.1) is 0 Å². The molecule has 18 heavy (non-hydrogen) atoms. The second kappa shape index (κ2) is 4.37. The van der Waals surface area contributed by atoms with Crippen LogP contribution < -0.4 is 5.73 Å². The molecule has 1 aromatic carbocycles. The van der Waals surface area contributed by atoms with E-state index in [0.717, 1.165) is 12.1 Å². The van der Waals surface area contributed by atoms with Crippen molar-refractivity contribution < 1.29 is 13.2 Å². The largest absolute Gasteiger partial charge is 0.416 e. The van der Waals surface area contributed by atoms with Gasteiger partial charge in [0, 0.05) is 5.56 Å². The lowest BCUT2D eigenvalue weighted by molar-refractivity contribution is -0.137. The monoisotopic (exact) mass is 272 g/mol. The lowest BCUT2D eigenvalue weighted by Crippen LogP contribution is -2.16. The van der Waals surface area contributed by atoms with Crippen LogP contribution in [0.2, 0.25) is 0 Å². The van der Waals surface area contributed by atoms with Crippen LogP contribution in [-0.4, -0.2) is 19.8 Å². The molecule has 0 aliphatic rings. The molecule has 4 nitrogen and oxygen atoms in total. The van der Waals surface area contributed by atoms with E-state index in [4.69, 9.17) is 18.0 Å². The molecular formula is C10H7F3N4S. The van der Waals surface area contributed by atoms with E-state index < -0.39 is 11.7 Å². The minimum atomic E-state index is -4.44. The Balaban J connectivity index is 2.59. The Hall–Kier alpha value is -1.96. The van der Waals surface area contributed by atoms with Crippen LogP contribution in [0.4, 0.5) is 13.2 Å². The molecule has 8 heteroatoms. The molecule has 0 fully saturated rings. The molecule has 0 bridgehead atoms. The van der Waals surface area contributed by atoms with E-state index in [1.54, 1.807) is 0 Å². The first kappa shape index (κ1) is 12.5. The fourth-order valence-electron chi connectivity index (χ4n) is 1.44. The molecule has 0 saturated heterocycles. The van der Waals surface area contributed by atoms with Crippen LogP contribution in [0.3, 0.4) is 0 Å². The maximum absolute atomic E-state index is 12.6. The molecular weight excluding hydrogens is 265 g/mol. The molecule has 0 unspecified atom stereocenters. The molecule has 0 aliphatic carbocycles. The fraction of sp³-hybridized carbons (Fsp3) is 0.100. The van der Waals surface area contributed by atoms with Crippen LogP contribution in [0.5, 0.6) is 0 Å². The summed E-state index contributed by atoms with van der Waals surface area (Å²) in [7, 11) is 0. The van der Waals surface area contributed by atoms with Crippen LogP contribution in [-0.2, 0) is 6.18 Å². The highest BCUT2D eigenvalue weighted by molar-refractivity contribution is 7.80. The molecule has 0 aliphatic heterocycles. The lowest BCUT2D eigenvalue weighted by Gasteiger charge is -2.12. The minimum Gasteiger partial charge on any atom is -0.389 e. The van der Waals surface area contributed by atoms with Gasteiger partial charge in [0.25, 0.3) is 0 Å². The van der Waals surface area contributed by atoms with Crippen molar-refractivity contribution in [1.82, 2.24) is 14.8 Å². The second-order valence-corrected chi connectivity index (χ2v) is 3.87. The van der Waals surface area contributed by atoms with E-state index in [2.05, 4.69) is 10.1 Å². The topological polar surface area (TPSA) is 56.7 Å². The second-order valence-electron chi connectivity index (χ2n) is 3.43. The number of rotatable bonds is 2. The number of hydrogen-bond donors (Lipinski definition) is 1. The lowest BCUT2D eigenvalue weighted by atomic mass is 10.1. The Morgan fingerprint density at radius 1 is 1.33 bits per heavy atom. The molecule has 2 rings (SSSR count). The molecule has 0 radical (unpaired) electrons. The Labute approximate surface area is 105 Å². The zero-order chi connectivity index (χ0) is 13.3. The zero-order valence-electron chi connectivity index (χ0n) is 8.85. The standard InChI is InChI=1S/C10H7F3N4S/c11-10(12,13)6-1-2-8(7(3-6)9(14)18)17-5-15-4-16-17/h1-5H,(H2,14,18). The number of thiocarbonyl (C=S) groups is 1. The first-order valence-corrected chi connectivity index (χ1v) is 5.16. The third-order valence-electron chi connectivity index (χ3n) is 2.25. The Kier molecular flexibility index (Phi) is 3.04. The molecule has 0 spiro atoms. The van der Waals surface area contributed by atoms with E-state index in [1.165, 1.54) is 23.4 Å². The highest BCUT2D eigenvalue weighted by Gasteiger charge is 2.31. The van der Waals surface area contributed by atoms with Gasteiger partial charge in [-0.1, -0.05) is 12.2 Å². The summed E-state index contributed by atoms with van der Waals surface area (Å²) >= 11 is 4.75. The van der Waals surface area contributed by atoms with Crippen LogP contribution in [0.1, 0.15) is 11.1 Å². The van der Waals surface area contributed by atoms with Crippen molar-refractivity contribution in [1.29, 1.82) is 0 Å². The summed E-state index contributed by atoms with van der Waals surface area (Å²) in [6.45, 7) is 0. The van der Waals surface area contributed by atoms with Gasteiger partial charge in [0.05, 0.1) is 11.3 Å². The highest BCUT2D eigenvalue weighted by Crippen LogP contribution is 2.31. The van der Waals surface area contributed by atoms with Gasteiger partial charge in [0.2, 0.25) is 0 Å². The molecule has 2 aromatic rings. The van der Waals surface area contributed by atoms with Gasteiger partial charge < -0.3 is 5.73 Å². The molecule has 2 N–H and O–H groups in total. The molecule has 1 aromatic heterocycles. The molecule has 1 heterocycles. The molecule has 94 valence electrons. The van der Waals surface area contributed by atoms with Crippen LogP contribution in [0.25, 0.3) is 5.69 Å². The Bertz CT molecular complexity index is 577. The zero-order valence-corrected chi connectivity index (χ0v) is 9.66. The minimum absolute atomic E-state index is 0.102. The fourth-order valence-corrected chi connectivity index (χ4v) is 1.61. The van der Waals surface area contributed by atoms with E-state index >= 15 is 0 Å². The third-order valence-corrected chi connectivity index (χ3v) is 2.47. The summed E-state index contributed by atoms with van der Waals surface area (Å²) in [4.78, 5) is 3.58. The number of alkyl halides is 3. The number of nitrogens with zero attached hydrogens (tertiary/aromatic N) is 3. The van der Waals surface area contributed by atoms with Crippen molar-refractivity contribution in [3.63, 3.8) is 0 Å². The number of benzene rings is 1. The number of nitrogens with two attached hydrogens (primary N) is 1. The summed E-state index contributed by atoms with van der Waals surface area (Å²) in [6, 6.07) is 3.10. The van der Waals surface area contributed by atoms with Gasteiger partial charge in [-0.25, -0.2) is 9.67 Å². The van der Waals surface area contributed by atoms with Gasteiger partial charge in [0.1, 0.15) is 17.6 Å². The molecule has 0 saturated carbocycles. The summed E-state index contributed by atoms with van der Waals surface area (Å²) < 4.78 is 39.1. The number of halogens is 3. The summed E-state index contributed by atoms with van der Waals surface area (Å²) in [6.07, 6.45) is -1.83. The average Bonchev–Trinajstić information content (AvgIpc) is 2.80. The molecule has 0 atom stereocenters. The van der Waals surface area contributed by atoms with Gasteiger partial charge >= 0.3 is 6.18 Å². The van der Waals surface area contributed by atoms with Crippen molar-refractivity contribution in [2.75, 3.05) is 0 Å². The van der Waals surface area contributed by atoms with E-state index in [0.29, 0.717) is 5.69 Å². The molecule has 0 amide bonds. The predicted molar refractivity (Wildman–Crippen MR) is 62.2 cm³/mol. The number of aromatic nitrogens is 3. The average molecular weight is 272 g/mol. The number of hydrogen-bond acceptors (Lipinski definition) is 3. The first-order chi connectivity index (χ1) is 8.39. The van der Waals surface area contributed by atoms with Crippen LogP contribution >= 0.6 is 12.2 Å². The maximum atomic E-state index is 12.6. The Morgan fingerprint density at radius 2 is 2.06 bits per heavy atom. The highest BCUT2D eigenvalue weighted by atomic mass is 32.1. The van der Waals surface area contributed by atoms with E-state index in [9.17, 15) is 13.2 Å². The van der Waals surface area contributed by atoms with Gasteiger partial charge in [-0.3, -0.25) is 0 Å². The van der Waals surface area contributed by atoms with E-state index in [-0.39, 0.29) is 10.6 Å². The third kappa shape index (κ3) is 2.33. The quantitative estimate of drug-likeness (QED) is 0.849. The van der Waals surface area contributed by atoms with Crippen LogP contribution in [0.15, 0.2) is 30.9 Å². The van der Waals surface area contributed by atoms with Gasteiger partial charge in [-0.05, 0) is 18.2 Å².